The zero-order chi connectivity index (χ0) is 17.7. The maximum Gasteiger partial charge on any atom is 0.254 e. The second-order valence-corrected chi connectivity index (χ2v) is 6.69. The minimum atomic E-state index is -0.619. The molecular weight excluding hydrogens is 298 g/mol. The first kappa shape index (κ1) is 18.2. The zero-order valence-electron chi connectivity index (χ0n) is 14.9. The third-order valence-electron chi connectivity index (χ3n) is 4.19. The molecule has 0 saturated carbocycles. The standard InChI is InChI=1S/C21H27NO2/c1-15(2)22(16(3)4)21(24)19-13-9-8-12-18(19)14-20(23)17-10-6-5-7-11-17/h5-13,15-16,20,23H,14H2,1-4H3. The maximum absolute atomic E-state index is 13.0. The quantitative estimate of drug-likeness (QED) is 0.864. The number of aliphatic hydroxyl groups excluding tert-OH is 1. The topological polar surface area (TPSA) is 40.5 Å². The summed E-state index contributed by atoms with van der Waals surface area (Å²) in [6.45, 7) is 8.11. The van der Waals surface area contributed by atoms with Gasteiger partial charge in [0.05, 0.1) is 6.10 Å². The minimum absolute atomic E-state index is 0.0239. The van der Waals surface area contributed by atoms with E-state index >= 15 is 0 Å². The number of carbonyl (C=O) groups is 1. The van der Waals surface area contributed by atoms with Crippen molar-refractivity contribution in [2.45, 2.75) is 52.3 Å². The number of aliphatic hydroxyl groups is 1. The molecular formula is C21H27NO2. The van der Waals surface area contributed by atoms with Crippen molar-refractivity contribution in [1.82, 2.24) is 4.90 Å². The van der Waals surface area contributed by atoms with Gasteiger partial charge >= 0.3 is 0 Å². The Morgan fingerprint density at radius 2 is 1.46 bits per heavy atom. The normalized spacial score (nSPS) is 12.5. The molecule has 0 aromatic heterocycles. The Kier molecular flexibility index (Phi) is 6.16. The number of hydrogen-bond acceptors (Lipinski definition) is 2. The van der Waals surface area contributed by atoms with Crippen LogP contribution in [0.15, 0.2) is 54.6 Å². The van der Waals surface area contributed by atoms with Gasteiger partial charge in [-0.25, -0.2) is 0 Å². The molecule has 24 heavy (non-hydrogen) atoms. The van der Waals surface area contributed by atoms with Gasteiger partial charge in [-0.15, -0.1) is 0 Å². The molecule has 1 amide bonds. The Labute approximate surface area is 144 Å². The predicted molar refractivity (Wildman–Crippen MR) is 98.0 cm³/mol. The van der Waals surface area contributed by atoms with Gasteiger partial charge in [0.2, 0.25) is 0 Å². The summed E-state index contributed by atoms with van der Waals surface area (Å²) < 4.78 is 0. The maximum atomic E-state index is 13.0. The molecule has 2 aromatic carbocycles. The molecule has 128 valence electrons. The molecule has 2 rings (SSSR count). The van der Waals surface area contributed by atoms with Crippen molar-refractivity contribution >= 4 is 5.91 Å². The zero-order valence-corrected chi connectivity index (χ0v) is 14.9. The fourth-order valence-electron chi connectivity index (χ4n) is 3.11. The second-order valence-electron chi connectivity index (χ2n) is 6.69. The number of hydrogen-bond donors (Lipinski definition) is 1. The van der Waals surface area contributed by atoms with E-state index < -0.39 is 6.10 Å². The van der Waals surface area contributed by atoms with Gasteiger partial charge in [0.15, 0.2) is 0 Å². The first-order valence-corrected chi connectivity index (χ1v) is 8.55. The van der Waals surface area contributed by atoms with Crippen LogP contribution >= 0.6 is 0 Å². The molecule has 0 spiro atoms. The minimum Gasteiger partial charge on any atom is -0.388 e. The largest absolute Gasteiger partial charge is 0.388 e. The molecule has 1 atom stereocenters. The van der Waals surface area contributed by atoms with Crippen molar-refractivity contribution in [1.29, 1.82) is 0 Å². The van der Waals surface area contributed by atoms with E-state index in [1.54, 1.807) is 0 Å². The lowest BCUT2D eigenvalue weighted by molar-refractivity contribution is 0.0641. The van der Waals surface area contributed by atoms with E-state index in [0.29, 0.717) is 12.0 Å². The van der Waals surface area contributed by atoms with Crippen LogP contribution < -0.4 is 0 Å². The molecule has 3 nitrogen and oxygen atoms in total. The van der Waals surface area contributed by atoms with Crippen LogP contribution in [-0.2, 0) is 6.42 Å². The molecule has 0 radical (unpaired) electrons. The molecule has 3 heteroatoms. The fraction of sp³-hybridized carbons (Fsp3) is 0.381. The summed E-state index contributed by atoms with van der Waals surface area (Å²) in [4.78, 5) is 14.9. The summed E-state index contributed by atoms with van der Waals surface area (Å²) in [6, 6.07) is 17.4. The highest BCUT2D eigenvalue weighted by atomic mass is 16.3. The Morgan fingerprint density at radius 3 is 2.04 bits per heavy atom. The lowest BCUT2D eigenvalue weighted by Crippen LogP contribution is -2.42. The summed E-state index contributed by atoms with van der Waals surface area (Å²) in [5.41, 5.74) is 2.42. The number of nitrogens with zero attached hydrogens (tertiary/aromatic N) is 1. The number of amides is 1. The van der Waals surface area contributed by atoms with Crippen molar-refractivity contribution in [3.63, 3.8) is 0 Å². The third-order valence-corrected chi connectivity index (χ3v) is 4.19. The molecule has 0 saturated heterocycles. The van der Waals surface area contributed by atoms with Gasteiger partial charge in [-0.2, -0.15) is 0 Å². The van der Waals surface area contributed by atoms with Crippen LogP contribution in [-0.4, -0.2) is 28.0 Å². The highest BCUT2D eigenvalue weighted by molar-refractivity contribution is 5.96. The lowest BCUT2D eigenvalue weighted by atomic mass is 9.96. The van der Waals surface area contributed by atoms with E-state index in [9.17, 15) is 9.90 Å². The Hall–Kier alpha value is -2.13. The molecule has 0 aliphatic rings. The van der Waals surface area contributed by atoms with Gasteiger partial charge in [-0.05, 0) is 44.9 Å². The van der Waals surface area contributed by atoms with Crippen LogP contribution in [0, 0.1) is 0 Å². The first-order valence-electron chi connectivity index (χ1n) is 8.55. The van der Waals surface area contributed by atoms with Gasteiger partial charge in [-0.1, -0.05) is 48.5 Å². The monoisotopic (exact) mass is 325 g/mol. The van der Waals surface area contributed by atoms with E-state index in [1.807, 2.05) is 87.2 Å². The molecule has 0 fully saturated rings. The van der Waals surface area contributed by atoms with Crippen molar-refractivity contribution in [3.05, 3.63) is 71.3 Å². The summed E-state index contributed by atoms with van der Waals surface area (Å²) >= 11 is 0. The van der Waals surface area contributed by atoms with Crippen molar-refractivity contribution in [2.75, 3.05) is 0 Å². The summed E-state index contributed by atoms with van der Waals surface area (Å²) in [5, 5.41) is 10.5. The SMILES string of the molecule is CC(C)N(C(=O)c1ccccc1CC(O)c1ccccc1)C(C)C. The van der Waals surface area contributed by atoms with Gasteiger partial charge in [0, 0.05) is 24.1 Å². The van der Waals surface area contributed by atoms with Crippen molar-refractivity contribution in [3.8, 4) is 0 Å². The molecule has 0 aliphatic carbocycles. The second kappa shape index (κ2) is 8.11. The third kappa shape index (κ3) is 4.24. The van der Waals surface area contributed by atoms with Gasteiger partial charge < -0.3 is 10.0 Å². The van der Waals surface area contributed by atoms with Crippen LogP contribution in [0.3, 0.4) is 0 Å². The number of benzene rings is 2. The average molecular weight is 325 g/mol. The average Bonchev–Trinajstić information content (AvgIpc) is 2.55. The summed E-state index contributed by atoms with van der Waals surface area (Å²) in [5.74, 6) is 0.0239. The Morgan fingerprint density at radius 1 is 0.917 bits per heavy atom. The van der Waals surface area contributed by atoms with E-state index in [-0.39, 0.29) is 18.0 Å². The van der Waals surface area contributed by atoms with Crippen LogP contribution in [0.1, 0.15) is 55.3 Å². The highest BCUT2D eigenvalue weighted by Crippen LogP contribution is 2.22. The van der Waals surface area contributed by atoms with E-state index in [0.717, 1.165) is 11.1 Å². The van der Waals surface area contributed by atoms with Crippen molar-refractivity contribution in [2.24, 2.45) is 0 Å². The molecule has 0 aliphatic heterocycles. The first-order chi connectivity index (χ1) is 11.4. The Balaban J connectivity index is 2.29. The lowest BCUT2D eigenvalue weighted by Gasteiger charge is -2.31. The van der Waals surface area contributed by atoms with Crippen LogP contribution in [0.25, 0.3) is 0 Å². The number of rotatable bonds is 6. The smallest absolute Gasteiger partial charge is 0.254 e. The van der Waals surface area contributed by atoms with E-state index in [1.165, 1.54) is 0 Å². The highest BCUT2D eigenvalue weighted by Gasteiger charge is 2.24. The Bertz CT molecular complexity index is 657. The molecule has 2 aromatic rings. The van der Waals surface area contributed by atoms with E-state index in [2.05, 4.69) is 0 Å². The van der Waals surface area contributed by atoms with Crippen molar-refractivity contribution < 1.29 is 9.90 Å². The fourth-order valence-corrected chi connectivity index (χ4v) is 3.11. The van der Waals surface area contributed by atoms with Gasteiger partial charge in [0.25, 0.3) is 5.91 Å². The number of carbonyl (C=O) groups excluding carboxylic acids is 1. The predicted octanol–water partition coefficient (Wildman–Crippen LogP) is 4.22. The van der Waals surface area contributed by atoms with E-state index in [4.69, 9.17) is 0 Å². The van der Waals surface area contributed by atoms with Gasteiger partial charge in [0.1, 0.15) is 0 Å². The van der Waals surface area contributed by atoms with Gasteiger partial charge in [-0.3, -0.25) is 4.79 Å². The molecule has 0 heterocycles. The molecule has 0 bridgehead atoms. The molecule has 1 unspecified atom stereocenters. The van der Waals surface area contributed by atoms with Crippen LogP contribution in [0.2, 0.25) is 0 Å². The van der Waals surface area contributed by atoms with Crippen LogP contribution in [0.4, 0.5) is 0 Å². The summed E-state index contributed by atoms with van der Waals surface area (Å²) in [6.07, 6.45) is -0.192. The molecule has 1 N–H and O–H groups in total. The summed E-state index contributed by atoms with van der Waals surface area (Å²) in [7, 11) is 0. The van der Waals surface area contributed by atoms with Crippen LogP contribution in [0.5, 0.6) is 0 Å².